The number of benzene rings is 2. The van der Waals surface area contributed by atoms with Crippen molar-refractivity contribution in [1.29, 1.82) is 0 Å². The summed E-state index contributed by atoms with van der Waals surface area (Å²) < 4.78 is 62.4. The Morgan fingerprint density at radius 1 is 0.892 bits per heavy atom. The van der Waals surface area contributed by atoms with Crippen LogP contribution in [-0.2, 0) is 50.1 Å². The Morgan fingerprint density at radius 2 is 1.58 bits per heavy atom. The molecular formula is C49H64F2N10O12S. The number of ketones is 1. The number of nitrogens with one attached hydrogen (secondary N) is 5. The number of carbonyl (C=O) groups is 7. The lowest BCUT2D eigenvalue weighted by Crippen LogP contribution is -2.59. The smallest absolute Gasteiger partial charge is 0.293 e. The zero-order valence-corrected chi connectivity index (χ0v) is 42.8. The molecule has 0 bridgehead atoms. The van der Waals surface area contributed by atoms with Gasteiger partial charge >= 0.3 is 0 Å². The van der Waals surface area contributed by atoms with Crippen LogP contribution in [0.1, 0.15) is 89.7 Å². The van der Waals surface area contributed by atoms with Gasteiger partial charge in [0.05, 0.1) is 35.3 Å². The number of rotatable bonds is 24. The van der Waals surface area contributed by atoms with Crippen LogP contribution < -0.4 is 30.9 Å². The summed E-state index contributed by atoms with van der Waals surface area (Å²) in [7, 11) is -4.79. The third-order valence-corrected chi connectivity index (χ3v) is 14.0. The van der Waals surface area contributed by atoms with Gasteiger partial charge in [0.1, 0.15) is 35.5 Å². The molecule has 8 unspecified atom stereocenters. The highest BCUT2D eigenvalue weighted by atomic mass is 32.2. The maximum absolute atomic E-state index is 14.7. The van der Waals surface area contributed by atoms with Crippen molar-refractivity contribution in [2.24, 2.45) is 23.7 Å². The first-order valence-electron chi connectivity index (χ1n) is 24.3. The van der Waals surface area contributed by atoms with Gasteiger partial charge in [0.2, 0.25) is 29.9 Å². The fraction of sp³-hybridized carbons (Fsp3) is 0.531. The van der Waals surface area contributed by atoms with Crippen molar-refractivity contribution in [2.75, 3.05) is 31.1 Å². The van der Waals surface area contributed by atoms with Crippen molar-refractivity contribution >= 4 is 62.6 Å². The number of carbonyl (C=O) groups excluding carboxylic acids is 7. The lowest BCUT2D eigenvalue weighted by molar-refractivity contribution is -0.384. The number of sulfonamides is 1. The number of nitro benzene ring substituents is 1. The molecule has 2 saturated heterocycles. The predicted molar refractivity (Wildman–Crippen MR) is 263 cm³/mol. The number of nitrogens with zero attached hydrogens (tertiary/aromatic N) is 5. The van der Waals surface area contributed by atoms with Crippen LogP contribution in [0.15, 0.2) is 72.0 Å². The molecule has 1 aromatic heterocycles. The molecule has 2 aliphatic rings. The molecule has 74 heavy (non-hydrogen) atoms. The number of alkyl halides is 2. The second-order valence-corrected chi connectivity index (χ2v) is 21.0. The molecule has 6 amide bonds. The zero-order valence-electron chi connectivity index (χ0n) is 42.0. The first kappa shape index (κ1) is 57.9. The Balaban J connectivity index is 1.31. The molecule has 0 aliphatic carbocycles. The van der Waals surface area contributed by atoms with Gasteiger partial charge in [-0.3, -0.25) is 48.7 Å². The number of nitro groups is 1. The fourth-order valence-corrected chi connectivity index (χ4v) is 9.94. The molecule has 402 valence electrons. The van der Waals surface area contributed by atoms with E-state index in [1.807, 2.05) is 33.0 Å². The van der Waals surface area contributed by atoms with Gasteiger partial charge in [-0.15, -0.1) is 0 Å². The van der Waals surface area contributed by atoms with Gasteiger partial charge in [-0.2, -0.15) is 0 Å². The Kier molecular flexibility index (Phi) is 20.5. The Hall–Kier alpha value is -7.02. The lowest BCUT2D eigenvalue weighted by atomic mass is 9.91. The van der Waals surface area contributed by atoms with Crippen molar-refractivity contribution in [3.05, 3.63) is 88.5 Å². The van der Waals surface area contributed by atoms with Gasteiger partial charge in [-0.25, -0.2) is 26.9 Å². The highest BCUT2D eigenvalue weighted by Crippen LogP contribution is 2.35. The van der Waals surface area contributed by atoms with Crippen LogP contribution in [0.5, 0.6) is 0 Å². The number of halogens is 2. The molecular weight excluding hydrogens is 991 g/mol. The Bertz CT molecular complexity index is 2610. The lowest BCUT2D eigenvalue weighted by Gasteiger charge is -2.36. The van der Waals surface area contributed by atoms with Crippen LogP contribution in [0.25, 0.3) is 0 Å². The van der Waals surface area contributed by atoms with Gasteiger partial charge in [0, 0.05) is 50.9 Å². The number of piperidine rings is 1. The molecule has 5 N–H and O–H groups in total. The van der Waals surface area contributed by atoms with Gasteiger partial charge < -0.3 is 35.8 Å². The van der Waals surface area contributed by atoms with E-state index < -0.39 is 122 Å². The summed E-state index contributed by atoms with van der Waals surface area (Å²) >= 11 is 0. The second-order valence-electron chi connectivity index (χ2n) is 19.3. The average molecular weight is 1060 g/mol. The summed E-state index contributed by atoms with van der Waals surface area (Å²) in [6.45, 7) is 10.7. The van der Waals surface area contributed by atoms with Crippen molar-refractivity contribution in [1.82, 2.24) is 40.9 Å². The SMILES string of the molecule is CCC(C)C(NC(=O)C(CC(C)C)NC(=O)c1cnccn1)C(=O)N1CC(OCc2ccccc2)CC1C(=O)NC(CC(F)F)C(=O)C(=O)NCC(=O)NS(=O)(=O)c1ccc(N2CC(C)CC(C)C2)c([N+](=O)[O-])c1. The number of aromatic nitrogens is 2. The molecule has 0 spiro atoms. The summed E-state index contributed by atoms with van der Waals surface area (Å²) in [4.78, 5) is 117. The van der Waals surface area contributed by atoms with E-state index in [-0.39, 0.29) is 55.1 Å². The number of ether oxygens (including phenoxy) is 1. The molecule has 0 radical (unpaired) electrons. The molecule has 8 atom stereocenters. The second kappa shape index (κ2) is 26.3. The van der Waals surface area contributed by atoms with Crippen molar-refractivity contribution < 1.29 is 60.4 Å². The highest BCUT2D eigenvalue weighted by Gasteiger charge is 2.45. The van der Waals surface area contributed by atoms with E-state index in [1.54, 1.807) is 53.8 Å². The minimum Gasteiger partial charge on any atom is -0.372 e. The largest absolute Gasteiger partial charge is 0.372 e. The Morgan fingerprint density at radius 3 is 2.19 bits per heavy atom. The van der Waals surface area contributed by atoms with E-state index >= 15 is 0 Å². The summed E-state index contributed by atoms with van der Waals surface area (Å²) in [6, 6.07) is 5.86. The summed E-state index contributed by atoms with van der Waals surface area (Å²) in [5.74, 6) is -8.28. The monoisotopic (exact) mass is 1050 g/mol. The van der Waals surface area contributed by atoms with Gasteiger partial charge in [0.25, 0.3) is 33.4 Å². The van der Waals surface area contributed by atoms with E-state index in [4.69, 9.17) is 4.74 Å². The minimum absolute atomic E-state index is 0.0427. The van der Waals surface area contributed by atoms with E-state index in [9.17, 15) is 60.9 Å². The van der Waals surface area contributed by atoms with Crippen molar-refractivity contribution in [3.8, 4) is 0 Å². The van der Waals surface area contributed by atoms with Crippen molar-refractivity contribution in [2.45, 2.75) is 122 Å². The maximum atomic E-state index is 14.7. The molecule has 2 fully saturated rings. The minimum atomic E-state index is -4.79. The normalized spacial score (nSPS) is 19.4. The first-order valence-corrected chi connectivity index (χ1v) is 25.8. The number of likely N-dealkylation sites (tertiary alicyclic amines) is 1. The molecule has 3 aromatic rings. The highest BCUT2D eigenvalue weighted by molar-refractivity contribution is 7.90. The summed E-state index contributed by atoms with van der Waals surface area (Å²) in [5.41, 5.74) is 0.354. The van der Waals surface area contributed by atoms with Crippen LogP contribution >= 0.6 is 0 Å². The van der Waals surface area contributed by atoms with Crippen molar-refractivity contribution in [3.63, 3.8) is 0 Å². The third kappa shape index (κ3) is 16.0. The number of Topliss-reactive ketones (excluding diaryl/α,β-unsaturated/α-hetero) is 1. The van der Waals surface area contributed by atoms with Crippen LogP contribution in [0.3, 0.4) is 0 Å². The molecule has 5 rings (SSSR count). The van der Waals surface area contributed by atoms with E-state index in [0.29, 0.717) is 19.5 Å². The zero-order chi connectivity index (χ0) is 54.4. The number of hydrogen-bond acceptors (Lipinski definition) is 15. The number of hydrogen-bond donors (Lipinski definition) is 5. The summed E-state index contributed by atoms with van der Waals surface area (Å²) in [5, 5.41) is 21.5. The van der Waals surface area contributed by atoms with Crippen LogP contribution in [0.4, 0.5) is 20.2 Å². The molecule has 2 aliphatic heterocycles. The molecule has 2 aromatic carbocycles. The quantitative estimate of drug-likeness (QED) is 0.0489. The predicted octanol–water partition coefficient (Wildman–Crippen LogP) is 3.06. The van der Waals surface area contributed by atoms with Crippen LogP contribution in [0.2, 0.25) is 0 Å². The van der Waals surface area contributed by atoms with E-state index in [0.717, 1.165) is 29.0 Å². The van der Waals surface area contributed by atoms with E-state index in [2.05, 4.69) is 25.9 Å². The molecule has 22 nitrogen and oxygen atoms in total. The average Bonchev–Trinajstić information content (AvgIpc) is 3.79. The van der Waals surface area contributed by atoms with Gasteiger partial charge in [-0.1, -0.05) is 78.3 Å². The van der Waals surface area contributed by atoms with Crippen LogP contribution in [-0.4, -0.2) is 132 Å². The number of amides is 6. The standard InChI is InChI=1S/C49H64F2N10O12S/c1-7-31(6)43(57-45(64)36(17-28(2)3)56-46(65)37-22-52-15-16-53-37)49(68)60-26-33(73-27-32-11-9-8-10-12-32)19-40(60)47(66)55-35(21-41(50)51)44(63)48(67)54-23-42(62)58-74(71,72)34-13-14-38(39(20-34)61(69)70)59-24-29(4)18-30(5)25-59/h8-16,20,22,28-31,33,35-36,40-41,43H,7,17-19,21,23-27H2,1-6H3,(H,54,67)(H,55,66)(H,56,65)(H,57,64)(H,58,62). The molecule has 25 heteroatoms. The van der Waals surface area contributed by atoms with Crippen LogP contribution in [0, 0.1) is 33.8 Å². The van der Waals surface area contributed by atoms with Gasteiger partial charge in [0.15, 0.2) is 0 Å². The third-order valence-electron chi connectivity index (χ3n) is 12.7. The number of anilines is 1. The molecule has 3 heterocycles. The topological polar surface area (TPSA) is 298 Å². The van der Waals surface area contributed by atoms with Gasteiger partial charge in [-0.05, 0) is 54.2 Å². The Labute approximate surface area is 427 Å². The first-order chi connectivity index (χ1) is 35.0. The maximum Gasteiger partial charge on any atom is 0.293 e. The fourth-order valence-electron chi connectivity index (χ4n) is 8.94. The molecule has 0 saturated carbocycles. The summed E-state index contributed by atoms with van der Waals surface area (Å²) in [6.07, 6.45) is -0.422. The van der Waals surface area contributed by atoms with E-state index in [1.165, 1.54) is 24.7 Å².